The fourth-order valence-electron chi connectivity index (χ4n) is 3.18. The predicted molar refractivity (Wildman–Crippen MR) is 96.2 cm³/mol. The third-order valence-corrected chi connectivity index (χ3v) is 4.76. The Morgan fingerprint density at radius 3 is 2.15 bits per heavy atom. The molecule has 0 aromatic heterocycles. The van der Waals surface area contributed by atoms with Gasteiger partial charge in [0.15, 0.2) is 5.60 Å². The van der Waals surface area contributed by atoms with Crippen LogP contribution in [0.15, 0.2) is 42.5 Å². The van der Waals surface area contributed by atoms with Crippen LogP contribution in [-0.4, -0.2) is 18.4 Å². The Balaban J connectivity index is 2.63. The number of anilines is 1. The first-order valence-electron chi connectivity index (χ1n) is 8.21. The maximum Gasteiger partial charge on any atom is 0.421 e. The first kappa shape index (κ1) is 20.1. The molecule has 3 nitrogen and oxygen atoms in total. The fraction of sp³-hybridized carbons (Fsp3) is 0.400. The normalized spacial score (nSPS) is 14.8. The van der Waals surface area contributed by atoms with E-state index in [0.717, 1.165) is 0 Å². The van der Waals surface area contributed by atoms with Crippen LogP contribution in [0.5, 0.6) is 5.75 Å². The van der Waals surface area contributed by atoms with Gasteiger partial charge in [-0.15, -0.1) is 0 Å². The molecule has 2 rings (SSSR count). The van der Waals surface area contributed by atoms with Crippen LogP contribution in [0.3, 0.4) is 0 Å². The Bertz CT molecular complexity index is 773. The second-order valence-corrected chi connectivity index (χ2v) is 7.19. The number of rotatable bonds is 5. The molecule has 2 aromatic carbocycles. The van der Waals surface area contributed by atoms with Crippen molar-refractivity contribution in [2.45, 2.75) is 44.4 Å². The number of hydrogen-bond acceptors (Lipinski definition) is 3. The van der Waals surface area contributed by atoms with Crippen LogP contribution in [0.2, 0.25) is 0 Å². The SMILES string of the molecule is COc1cc(N)c(C)cc1C(O)(CC(C)(C)c1ccccc1)C(F)(F)F. The minimum absolute atomic E-state index is 0.0863. The van der Waals surface area contributed by atoms with E-state index in [1.54, 1.807) is 51.1 Å². The lowest BCUT2D eigenvalue weighted by Crippen LogP contribution is -2.46. The van der Waals surface area contributed by atoms with Crippen LogP contribution < -0.4 is 10.5 Å². The summed E-state index contributed by atoms with van der Waals surface area (Å²) < 4.78 is 47.2. The molecular formula is C20H24F3NO2. The predicted octanol–water partition coefficient (Wildman–Crippen LogP) is 4.70. The zero-order valence-electron chi connectivity index (χ0n) is 15.3. The van der Waals surface area contributed by atoms with E-state index in [9.17, 15) is 18.3 Å². The Kier molecular flexibility index (Phi) is 5.29. The van der Waals surface area contributed by atoms with Gasteiger partial charge in [0.1, 0.15) is 5.75 Å². The van der Waals surface area contributed by atoms with Crippen molar-refractivity contribution < 1.29 is 23.0 Å². The molecule has 0 spiro atoms. The van der Waals surface area contributed by atoms with Crippen LogP contribution in [0.1, 0.15) is 37.0 Å². The van der Waals surface area contributed by atoms with Crippen molar-refractivity contribution in [1.29, 1.82) is 0 Å². The highest BCUT2D eigenvalue weighted by molar-refractivity contribution is 5.56. The number of alkyl halides is 3. The van der Waals surface area contributed by atoms with Gasteiger partial charge in [-0.2, -0.15) is 13.2 Å². The van der Waals surface area contributed by atoms with Gasteiger partial charge in [0.05, 0.1) is 7.11 Å². The van der Waals surface area contributed by atoms with E-state index in [4.69, 9.17) is 10.5 Å². The number of ether oxygens (including phenoxy) is 1. The van der Waals surface area contributed by atoms with Gasteiger partial charge >= 0.3 is 6.18 Å². The summed E-state index contributed by atoms with van der Waals surface area (Å²) >= 11 is 0. The minimum atomic E-state index is -4.89. The molecule has 0 aliphatic rings. The second kappa shape index (κ2) is 6.83. The molecule has 0 bridgehead atoms. The summed E-state index contributed by atoms with van der Waals surface area (Å²) in [6.07, 6.45) is -5.46. The van der Waals surface area contributed by atoms with E-state index in [0.29, 0.717) is 16.8 Å². The molecular weight excluding hydrogens is 343 g/mol. The molecule has 0 saturated heterocycles. The lowest BCUT2D eigenvalue weighted by atomic mass is 9.72. The molecule has 0 aliphatic carbocycles. The van der Waals surface area contributed by atoms with Crippen LogP contribution in [-0.2, 0) is 11.0 Å². The summed E-state index contributed by atoms with van der Waals surface area (Å²) in [4.78, 5) is 0. The topological polar surface area (TPSA) is 55.5 Å². The zero-order chi connectivity index (χ0) is 19.8. The number of nitrogen functional groups attached to an aromatic ring is 1. The smallest absolute Gasteiger partial charge is 0.421 e. The Hall–Kier alpha value is -2.21. The largest absolute Gasteiger partial charge is 0.496 e. The lowest BCUT2D eigenvalue weighted by Gasteiger charge is -2.39. The Morgan fingerprint density at radius 1 is 1.08 bits per heavy atom. The minimum Gasteiger partial charge on any atom is -0.496 e. The number of nitrogens with two attached hydrogens (primary N) is 1. The molecule has 26 heavy (non-hydrogen) atoms. The molecule has 0 fully saturated rings. The van der Waals surface area contributed by atoms with Crippen molar-refractivity contribution in [2.24, 2.45) is 0 Å². The third kappa shape index (κ3) is 3.65. The highest BCUT2D eigenvalue weighted by atomic mass is 19.4. The van der Waals surface area contributed by atoms with E-state index in [2.05, 4.69) is 0 Å². The molecule has 0 amide bonds. The summed E-state index contributed by atoms with van der Waals surface area (Å²) in [7, 11) is 1.26. The highest BCUT2D eigenvalue weighted by Crippen LogP contribution is 2.50. The molecule has 3 N–H and O–H groups in total. The van der Waals surface area contributed by atoms with Crippen molar-refractivity contribution in [3.8, 4) is 5.75 Å². The van der Waals surface area contributed by atoms with E-state index < -0.39 is 23.6 Å². The molecule has 6 heteroatoms. The first-order valence-corrected chi connectivity index (χ1v) is 8.21. The number of aliphatic hydroxyl groups is 1. The van der Waals surface area contributed by atoms with Gasteiger partial charge in [0.2, 0.25) is 0 Å². The number of methoxy groups -OCH3 is 1. The van der Waals surface area contributed by atoms with Crippen molar-refractivity contribution in [1.82, 2.24) is 0 Å². The van der Waals surface area contributed by atoms with E-state index in [1.807, 2.05) is 0 Å². The van der Waals surface area contributed by atoms with Crippen LogP contribution in [0.25, 0.3) is 0 Å². The van der Waals surface area contributed by atoms with Gasteiger partial charge < -0.3 is 15.6 Å². The summed E-state index contributed by atoms with van der Waals surface area (Å²) in [6, 6.07) is 11.4. The highest BCUT2D eigenvalue weighted by Gasteiger charge is 2.58. The van der Waals surface area contributed by atoms with Gasteiger partial charge in [-0.25, -0.2) is 0 Å². The average molecular weight is 367 g/mol. The number of benzene rings is 2. The molecule has 0 aliphatic heterocycles. The number of halogens is 3. The molecule has 2 aromatic rings. The molecule has 142 valence electrons. The summed E-state index contributed by atoms with van der Waals surface area (Å²) in [5.74, 6) is -0.0863. The van der Waals surface area contributed by atoms with Gasteiger partial charge in [0, 0.05) is 17.3 Å². The zero-order valence-corrected chi connectivity index (χ0v) is 15.3. The average Bonchev–Trinajstić information content (AvgIpc) is 2.56. The molecule has 0 saturated carbocycles. The maximum atomic E-state index is 14.0. The quantitative estimate of drug-likeness (QED) is 0.753. The van der Waals surface area contributed by atoms with E-state index in [1.165, 1.54) is 19.2 Å². The maximum absolute atomic E-state index is 14.0. The standard InChI is InChI=1S/C20H24F3NO2/c1-13-10-15(17(26-4)11-16(13)24)19(25,20(21,22)23)12-18(2,3)14-8-6-5-7-9-14/h5-11,25H,12,24H2,1-4H3. The van der Waals surface area contributed by atoms with Gasteiger partial charge in [0.25, 0.3) is 0 Å². The third-order valence-electron chi connectivity index (χ3n) is 4.76. The van der Waals surface area contributed by atoms with Gasteiger partial charge in [-0.05, 0) is 36.0 Å². The van der Waals surface area contributed by atoms with E-state index >= 15 is 0 Å². The Morgan fingerprint density at radius 2 is 1.65 bits per heavy atom. The summed E-state index contributed by atoms with van der Waals surface area (Å²) in [5, 5.41) is 10.9. The van der Waals surface area contributed by atoms with Crippen molar-refractivity contribution in [2.75, 3.05) is 12.8 Å². The number of hydrogen-bond donors (Lipinski definition) is 2. The summed E-state index contributed by atoms with van der Waals surface area (Å²) in [6.45, 7) is 4.95. The van der Waals surface area contributed by atoms with Crippen molar-refractivity contribution >= 4 is 5.69 Å². The van der Waals surface area contributed by atoms with Crippen LogP contribution in [0, 0.1) is 6.92 Å². The fourth-order valence-corrected chi connectivity index (χ4v) is 3.18. The van der Waals surface area contributed by atoms with Gasteiger partial charge in [-0.3, -0.25) is 0 Å². The molecule has 0 radical (unpaired) electrons. The molecule has 1 atom stereocenters. The Labute approximate surface area is 151 Å². The van der Waals surface area contributed by atoms with E-state index in [-0.39, 0.29) is 11.3 Å². The number of aryl methyl sites for hydroxylation is 1. The molecule has 0 heterocycles. The monoisotopic (exact) mass is 367 g/mol. The van der Waals surface area contributed by atoms with Crippen LogP contribution in [0.4, 0.5) is 18.9 Å². The van der Waals surface area contributed by atoms with Gasteiger partial charge in [-0.1, -0.05) is 44.2 Å². The van der Waals surface area contributed by atoms with Crippen molar-refractivity contribution in [3.63, 3.8) is 0 Å². The van der Waals surface area contributed by atoms with Crippen LogP contribution >= 0.6 is 0 Å². The van der Waals surface area contributed by atoms with Crippen molar-refractivity contribution in [3.05, 3.63) is 59.2 Å². The first-order chi connectivity index (χ1) is 11.9. The lowest BCUT2D eigenvalue weighted by molar-refractivity contribution is -0.274. The molecule has 1 unspecified atom stereocenters. The second-order valence-electron chi connectivity index (χ2n) is 7.19. The summed E-state index contributed by atoms with van der Waals surface area (Å²) in [5.41, 5.74) is 2.89.